The quantitative estimate of drug-likeness (QED) is 0.889. The van der Waals surface area contributed by atoms with Crippen molar-refractivity contribution < 1.29 is 23.8 Å². The number of carboxylic acids is 1. The Balaban J connectivity index is 1.83. The first-order valence-electron chi connectivity index (χ1n) is 7.09. The Morgan fingerprint density at radius 3 is 2.64 bits per heavy atom. The van der Waals surface area contributed by atoms with Gasteiger partial charge in [0.15, 0.2) is 11.6 Å². The summed E-state index contributed by atoms with van der Waals surface area (Å²) in [5, 5.41) is 11.6. The first kappa shape index (κ1) is 16.1. The molecule has 2 amide bonds. The van der Waals surface area contributed by atoms with Crippen LogP contribution >= 0.6 is 0 Å². The van der Waals surface area contributed by atoms with Gasteiger partial charge in [0.1, 0.15) is 0 Å². The Morgan fingerprint density at radius 2 is 2.09 bits per heavy atom. The zero-order chi connectivity index (χ0) is 16.1. The smallest absolute Gasteiger partial charge is 0.317 e. The largest absolute Gasteiger partial charge is 0.494 e. The molecule has 1 aromatic carbocycles. The molecule has 0 saturated carbocycles. The summed E-state index contributed by atoms with van der Waals surface area (Å²) >= 11 is 0. The number of halogens is 1. The molecular weight excluding hydrogens is 291 g/mol. The molecule has 1 aliphatic heterocycles. The van der Waals surface area contributed by atoms with Gasteiger partial charge in [-0.2, -0.15) is 0 Å². The highest BCUT2D eigenvalue weighted by Gasteiger charge is 2.26. The summed E-state index contributed by atoms with van der Waals surface area (Å²) in [5.41, 5.74) is 0.632. The molecule has 7 heteroatoms. The number of carbonyl (C=O) groups is 2. The molecular formula is C15H19FN2O4. The van der Waals surface area contributed by atoms with E-state index in [0.29, 0.717) is 31.5 Å². The van der Waals surface area contributed by atoms with Gasteiger partial charge in [-0.15, -0.1) is 0 Å². The Kier molecular flexibility index (Phi) is 5.19. The minimum Gasteiger partial charge on any atom is -0.494 e. The number of nitrogens with one attached hydrogen (secondary N) is 1. The summed E-state index contributed by atoms with van der Waals surface area (Å²) < 4.78 is 18.4. The van der Waals surface area contributed by atoms with Crippen LogP contribution in [-0.4, -0.2) is 42.2 Å². The molecule has 22 heavy (non-hydrogen) atoms. The van der Waals surface area contributed by atoms with Crippen molar-refractivity contribution in [3.63, 3.8) is 0 Å². The highest BCUT2D eigenvalue weighted by molar-refractivity contribution is 5.75. The second-order valence-electron chi connectivity index (χ2n) is 5.23. The van der Waals surface area contributed by atoms with Crippen LogP contribution in [0.5, 0.6) is 5.75 Å². The van der Waals surface area contributed by atoms with Crippen molar-refractivity contribution in [3.05, 3.63) is 29.6 Å². The maximum absolute atomic E-state index is 13.5. The topological polar surface area (TPSA) is 78.9 Å². The van der Waals surface area contributed by atoms with Gasteiger partial charge in [0.05, 0.1) is 13.0 Å². The van der Waals surface area contributed by atoms with Crippen molar-refractivity contribution in [1.29, 1.82) is 0 Å². The summed E-state index contributed by atoms with van der Waals surface area (Å²) in [4.78, 5) is 24.4. The first-order chi connectivity index (χ1) is 10.5. The van der Waals surface area contributed by atoms with Gasteiger partial charge in [-0.25, -0.2) is 9.18 Å². The summed E-state index contributed by atoms with van der Waals surface area (Å²) in [5.74, 6) is -1.50. The van der Waals surface area contributed by atoms with Crippen LogP contribution in [0.15, 0.2) is 18.2 Å². The minimum atomic E-state index is -0.811. The van der Waals surface area contributed by atoms with Crippen molar-refractivity contribution >= 4 is 12.0 Å². The van der Waals surface area contributed by atoms with Crippen LogP contribution < -0.4 is 10.1 Å². The zero-order valence-corrected chi connectivity index (χ0v) is 12.3. The molecule has 0 aromatic heterocycles. The Morgan fingerprint density at radius 1 is 1.41 bits per heavy atom. The van der Waals surface area contributed by atoms with Gasteiger partial charge in [-0.1, -0.05) is 6.07 Å². The Hall–Kier alpha value is -2.31. The van der Waals surface area contributed by atoms with Crippen molar-refractivity contribution in [2.45, 2.75) is 19.4 Å². The molecule has 1 aromatic rings. The number of hydrogen-bond acceptors (Lipinski definition) is 3. The number of benzene rings is 1. The van der Waals surface area contributed by atoms with Crippen LogP contribution in [0.3, 0.4) is 0 Å². The van der Waals surface area contributed by atoms with Gasteiger partial charge in [0.25, 0.3) is 0 Å². The predicted octanol–water partition coefficient (Wildman–Crippen LogP) is 1.84. The van der Waals surface area contributed by atoms with Crippen molar-refractivity contribution in [2.24, 2.45) is 5.92 Å². The lowest BCUT2D eigenvalue weighted by Crippen LogP contribution is -2.45. The van der Waals surface area contributed by atoms with Gasteiger partial charge in [-0.3, -0.25) is 4.79 Å². The highest BCUT2D eigenvalue weighted by Crippen LogP contribution is 2.19. The number of piperidine rings is 1. The SMILES string of the molecule is COc1ccc(CNC(=O)N2CCC(C(=O)O)CC2)cc1F. The van der Waals surface area contributed by atoms with E-state index in [1.54, 1.807) is 11.0 Å². The monoisotopic (exact) mass is 310 g/mol. The average molecular weight is 310 g/mol. The maximum Gasteiger partial charge on any atom is 0.317 e. The van der Waals surface area contributed by atoms with Crippen molar-refractivity contribution in [1.82, 2.24) is 10.2 Å². The molecule has 1 aliphatic rings. The van der Waals surface area contributed by atoms with Gasteiger partial charge in [-0.05, 0) is 30.5 Å². The summed E-state index contributed by atoms with van der Waals surface area (Å²) in [7, 11) is 1.39. The van der Waals surface area contributed by atoms with E-state index in [2.05, 4.69) is 5.32 Å². The number of methoxy groups -OCH3 is 1. The van der Waals surface area contributed by atoms with E-state index >= 15 is 0 Å². The standard InChI is InChI=1S/C15H19FN2O4/c1-22-13-3-2-10(8-12(13)16)9-17-15(21)18-6-4-11(5-7-18)14(19)20/h2-3,8,11H,4-7,9H2,1H3,(H,17,21)(H,19,20). The van der Waals surface area contributed by atoms with Crippen LogP contribution in [0.2, 0.25) is 0 Å². The number of amides is 2. The van der Waals surface area contributed by atoms with Crippen LogP contribution in [0.1, 0.15) is 18.4 Å². The molecule has 0 atom stereocenters. The fourth-order valence-corrected chi connectivity index (χ4v) is 2.44. The maximum atomic E-state index is 13.5. The average Bonchev–Trinajstić information content (AvgIpc) is 2.52. The molecule has 0 aliphatic carbocycles. The van der Waals surface area contributed by atoms with E-state index in [4.69, 9.17) is 9.84 Å². The number of ether oxygens (including phenoxy) is 1. The third kappa shape index (κ3) is 3.87. The lowest BCUT2D eigenvalue weighted by atomic mass is 9.97. The molecule has 1 heterocycles. The number of nitrogens with zero attached hydrogens (tertiary/aromatic N) is 1. The van der Waals surface area contributed by atoms with Crippen LogP contribution in [-0.2, 0) is 11.3 Å². The number of carbonyl (C=O) groups excluding carboxylic acids is 1. The minimum absolute atomic E-state index is 0.158. The van der Waals surface area contributed by atoms with E-state index in [0.717, 1.165) is 0 Å². The van der Waals surface area contributed by atoms with Crippen LogP contribution in [0.25, 0.3) is 0 Å². The van der Waals surface area contributed by atoms with E-state index in [9.17, 15) is 14.0 Å². The lowest BCUT2D eigenvalue weighted by molar-refractivity contribution is -0.143. The molecule has 1 fully saturated rings. The molecule has 0 radical (unpaired) electrons. The molecule has 0 bridgehead atoms. The molecule has 0 unspecified atom stereocenters. The number of urea groups is 1. The van der Waals surface area contributed by atoms with E-state index in [1.165, 1.54) is 19.2 Å². The van der Waals surface area contributed by atoms with E-state index in [-0.39, 0.29) is 24.2 Å². The van der Waals surface area contributed by atoms with Crippen LogP contribution in [0.4, 0.5) is 9.18 Å². The summed E-state index contributed by atoms with van der Waals surface area (Å²) in [6.07, 6.45) is 0.917. The van der Waals surface area contributed by atoms with Gasteiger partial charge < -0.3 is 20.1 Å². The Labute approximate surface area is 127 Å². The third-order valence-corrected chi connectivity index (χ3v) is 3.79. The third-order valence-electron chi connectivity index (χ3n) is 3.79. The number of likely N-dealkylation sites (tertiary alicyclic amines) is 1. The number of carboxylic acid groups (broad SMARTS) is 1. The fourth-order valence-electron chi connectivity index (χ4n) is 2.44. The number of hydrogen-bond donors (Lipinski definition) is 2. The summed E-state index contributed by atoms with van der Waals surface area (Å²) in [6, 6.07) is 4.24. The number of aliphatic carboxylic acids is 1. The van der Waals surface area contributed by atoms with Crippen molar-refractivity contribution in [2.75, 3.05) is 20.2 Å². The number of rotatable bonds is 4. The van der Waals surface area contributed by atoms with E-state index in [1.807, 2.05) is 0 Å². The first-order valence-corrected chi connectivity index (χ1v) is 7.09. The zero-order valence-electron chi connectivity index (χ0n) is 12.3. The van der Waals surface area contributed by atoms with Crippen LogP contribution in [0, 0.1) is 11.7 Å². The summed E-state index contributed by atoms with van der Waals surface area (Å²) in [6.45, 7) is 1.04. The van der Waals surface area contributed by atoms with E-state index < -0.39 is 11.8 Å². The molecule has 1 saturated heterocycles. The molecule has 2 N–H and O–H groups in total. The predicted molar refractivity (Wildman–Crippen MR) is 77.1 cm³/mol. The molecule has 120 valence electrons. The second kappa shape index (κ2) is 7.11. The second-order valence-corrected chi connectivity index (χ2v) is 5.23. The highest BCUT2D eigenvalue weighted by atomic mass is 19.1. The van der Waals surface area contributed by atoms with Crippen molar-refractivity contribution in [3.8, 4) is 5.75 Å². The van der Waals surface area contributed by atoms with Gasteiger partial charge in [0.2, 0.25) is 0 Å². The van der Waals surface area contributed by atoms with Gasteiger partial charge >= 0.3 is 12.0 Å². The molecule has 6 nitrogen and oxygen atoms in total. The molecule has 2 rings (SSSR count). The lowest BCUT2D eigenvalue weighted by Gasteiger charge is -2.30. The Bertz CT molecular complexity index is 556. The fraction of sp³-hybridized carbons (Fsp3) is 0.467. The van der Waals surface area contributed by atoms with Gasteiger partial charge in [0, 0.05) is 19.6 Å². The molecule has 0 spiro atoms. The normalized spacial score (nSPS) is 15.5.